The van der Waals surface area contributed by atoms with Crippen LogP contribution in [0, 0.1) is 5.92 Å². The normalized spacial score (nSPS) is 17.2. The number of amides is 1. The van der Waals surface area contributed by atoms with E-state index in [1.54, 1.807) is 7.11 Å². The number of pyridine rings is 1. The van der Waals surface area contributed by atoms with E-state index in [0.29, 0.717) is 11.5 Å². The van der Waals surface area contributed by atoms with Gasteiger partial charge in [-0.25, -0.2) is 4.98 Å². The zero-order valence-corrected chi connectivity index (χ0v) is 20.3. The van der Waals surface area contributed by atoms with Gasteiger partial charge in [-0.05, 0) is 67.8 Å². The first-order chi connectivity index (χ1) is 17.1. The van der Waals surface area contributed by atoms with Crippen molar-refractivity contribution in [3.05, 3.63) is 96.1 Å². The molecule has 178 valence electrons. The third-order valence-electron chi connectivity index (χ3n) is 6.78. The van der Waals surface area contributed by atoms with E-state index in [9.17, 15) is 4.79 Å². The van der Waals surface area contributed by atoms with Gasteiger partial charge in [0.05, 0.1) is 23.9 Å². The van der Waals surface area contributed by atoms with Crippen molar-refractivity contribution in [1.82, 2.24) is 15.2 Å². The van der Waals surface area contributed by atoms with Crippen LogP contribution in [0.1, 0.15) is 28.8 Å². The molecule has 5 rings (SSSR count). The molecular formula is C30H31N3O2. The van der Waals surface area contributed by atoms with Crippen molar-refractivity contribution in [3.8, 4) is 17.0 Å². The zero-order chi connectivity index (χ0) is 24.2. The number of nitrogens with one attached hydrogen (secondary N) is 1. The molecule has 0 atom stereocenters. The number of hydrogen-bond acceptors (Lipinski definition) is 4. The highest BCUT2D eigenvalue weighted by atomic mass is 16.5. The van der Waals surface area contributed by atoms with Crippen molar-refractivity contribution in [2.45, 2.75) is 25.4 Å². The third-order valence-corrected chi connectivity index (χ3v) is 6.78. The topological polar surface area (TPSA) is 54.5 Å². The van der Waals surface area contributed by atoms with Gasteiger partial charge in [-0.1, -0.05) is 48.5 Å². The summed E-state index contributed by atoms with van der Waals surface area (Å²) in [4.78, 5) is 20.5. The van der Waals surface area contributed by atoms with Crippen molar-refractivity contribution in [1.29, 1.82) is 0 Å². The molecule has 1 amide bonds. The molecule has 3 aromatic carbocycles. The Bertz CT molecular complexity index is 1300. The Labute approximate surface area is 206 Å². The highest BCUT2D eigenvalue weighted by molar-refractivity contribution is 6.07. The molecule has 1 saturated carbocycles. The summed E-state index contributed by atoms with van der Waals surface area (Å²) in [6.45, 7) is 1.99. The molecule has 0 spiro atoms. The van der Waals surface area contributed by atoms with Crippen molar-refractivity contribution < 1.29 is 9.53 Å². The minimum absolute atomic E-state index is 0.0283. The average molecular weight is 466 g/mol. The van der Waals surface area contributed by atoms with E-state index in [4.69, 9.17) is 9.72 Å². The highest BCUT2D eigenvalue weighted by Crippen LogP contribution is 2.30. The number of carbonyl (C=O) groups excluding carboxylic acids is 1. The Balaban J connectivity index is 1.25. The Morgan fingerprint density at radius 2 is 1.71 bits per heavy atom. The molecule has 5 heteroatoms. The van der Waals surface area contributed by atoms with Crippen LogP contribution in [0.25, 0.3) is 22.2 Å². The van der Waals surface area contributed by atoms with Gasteiger partial charge in [0, 0.05) is 30.1 Å². The second-order valence-corrected chi connectivity index (χ2v) is 9.49. The molecule has 0 bridgehead atoms. The quantitative estimate of drug-likeness (QED) is 0.371. The maximum Gasteiger partial charge on any atom is 0.252 e. The zero-order valence-electron chi connectivity index (χ0n) is 20.3. The lowest BCUT2D eigenvalue weighted by molar-refractivity contribution is 0.0868. The van der Waals surface area contributed by atoms with E-state index in [1.165, 1.54) is 5.56 Å². The maximum absolute atomic E-state index is 13.3. The number of ether oxygens (including phenoxy) is 1. The SMILES string of the molecule is COc1ccc(-c2cc(C(=O)NC3CC(CN(C)Cc4ccccc4)C3)c3ccccc3n2)cc1. The molecule has 1 aliphatic rings. The first-order valence-corrected chi connectivity index (χ1v) is 12.2. The van der Waals surface area contributed by atoms with E-state index in [1.807, 2.05) is 54.6 Å². The number of fused-ring (bicyclic) bond motifs is 1. The predicted octanol–water partition coefficient (Wildman–Crippen LogP) is 5.55. The molecule has 1 fully saturated rings. The van der Waals surface area contributed by atoms with Crippen molar-refractivity contribution in [2.75, 3.05) is 20.7 Å². The Kier molecular flexibility index (Phi) is 6.77. The molecule has 0 saturated heterocycles. The molecule has 1 aromatic heterocycles. The first-order valence-electron chi connectivity index (χ1n) is 12.2. The summed E-state index contributed by atoms with van der Waals surface area (Å²) in [5, 5.41) is 4.15. The molecule has 4 aromatic rings. The van der Waals surface area contributed by atoms with Crippen LogP contribution >= 0.6 is 0 Å². The predicted molar refractivity (Wildman–Crippen MR) is 140 cm³/mol. The van der Waals surface area contributed by atoms with Gasteiger partial charge in [0.1, 0.15) is 5.75 Å². The van der Waals surface area contributed by atoms with Crippen molar-refractivity contribution in [2.24, 2.45) is 5.92 Å². The van der Waals surface area contributed by atoms with E-state index < -0.39 is 0 Å². The Hall–Kier alpha value is -3.70. The Morgan fingerprint density at radius 3 is 2.46 bits per heavy atom. The summed E-state index contributed by atoms with van der Waals surface area (Å²) in [7, 11) is 3.82. The van der Waals surface area contributed by atoms with Crippen LogP contribution in [0.5, 0.6) is 5.75 Å². The first kappa shape index (κ1) is 23.1. The molecule has 1 aliphatic carbocycles. The van der Waals surface area contributed by atoms with Gasteiger partial charge in [0.15, 0.2) is 0 Å². The van der Waals surface area contributed by atoms with Gasteiger partial charge in [-0.3, -0.25) is 4.79 Å². The van der Waals surface area contributed by atoms with Crippen LogP contribution in [-0.4, -0.2) is 42.5 Å². The minimum atomic E-state index is -0.0283. The molecule has 0 aliphatic heterocycles. The molecule has 1 heterocycles. The van der Waals surface area contributed by atoms with E-state index in [2.05, 4.69) is 47.6 Å². The van der Waals surface area contributed by atoms with Crippen LogP contribution in [-0.2, 0) is 6.54 Å². The lowest BCUT2D eigenvalue weighted by atomic mass is 9.79. The number of rotatable bonds is 8. The number of para-hydroxylation sites is 1. The van der Waals surface area contributed by atoms with Crippen LogP contribution < -0.4 is 10.1 Å². The summed E-state index contributed by atoms with van der Waals surface area (Å²) >= 11 is 0. The van der Waals surface area contributed by atoms with Gasteiger partial charge < -0.3 is 15.0 Å². The lowest BCUT2D eigenvalue weighted by Crippen LogP contribution is -2.47. The van der Waals surface area contributed by atoms with Crippen LogP contribution in [0.15, 0.2) is 84.9 Å². The van der Waals surface area contributed by atoms with Gasteiger partial charge in [0.2, 0.25) is 0 Å². The molecule has 35 heavy (non-hydrogen) atoms. The van der Waals surface area contributed by atoms with Crippen molar-refractivity contribution >= 4 is 16.8 Å². The number of hydrogen-bond donors (Lipinski definition) is 1. The minimum Gasteiger partial charge on any atom is -0.497 e. The second-order valence-electron chi connectivity index (χ2n) is 9.49. The number of benzene rings is 3. The summed E-state index contributed by atoms with van der Waals surface area (Å²) < 4.78 is 5.27. The lowest BCUT2D eigenvalue weighted by Gasteiger charge is -2.38. The van der Waals surface area contributed by atoms with Gasteiger partial charge in [-0.2, -0.15) is 0 Å². The van der Waals surface area contributed by atoms with Gasteiger partial charge >= 0.3 is 0 Å². The standard InChI is InChI=1S/C30H31N3O2/c1-33(19-21-8-4-3-5-9-21)20-22-16-24(17-22)31-30(34)27-18-29(23-12-14-25(35-2)15-13-23)32-28-11-7-6-10-26(27)28/h3-15,18,22,24H,16-17,19-20H2,1-2H3,(H,31,34). The molecule has 5 nitrogen and oxygen atoms in total. The second kappa shape index (κ2) is 10.3. The van der Waals surface area contributed by atoms with Crippen molar-refractivity contribution in [3.63, 3.8) is 0 Å². The number of nitrogens with zero attached hydrogens (tertiary/aromatic N) is 2. The van der Waals surface area contributed by atoms with Gasteiger partial charge in [-0.15, -0.1) is 0 Å². The summed E-state index contributed by atoms with van der Waals surface area (Å²) in [5.74, 6) is 1.37. The monoisotopic (exact) mass is 465 g/mol. The van der Waals surface area contributed by atoms with Crippen LogP contribution in [0.2, 0.25) is 0 Å². The van der Waals surface area contributed by atoms with Crippen LogP contribution in [0.3, 0.4) is 0 Å². The van der Waals surface area contributed by atoms with Crippen LogP contribution in [0.4, 0.5) is 0 Å². The summed E-state index contributed by atoms with van der Waals surface area (Å²) in [5.41, 5.74) is 4.56. The number of aromatic nitrogens is 1. The molecule has 0 radical (unpaired) electrons. The number of methoxy groups -OCH3 is 1. The smallest absolute Gasteiger partial charge is 0.252 e. The summed E-state index contributed by atoms with van der Waals surface area (Å²) in [6.07, 6.45) is 2.03. The van der Waals surface area contributed by atoms with E-state index in [0.717, 1.165) is 53.8 Å². The number of carbonyl (C=O) groups is 1. The van der Waals surface area contributed by atoms with E-state index >= 15 is 0 Å². The molecule has 1 N–H and O–H groups in total. The fourth-order valence-electron chi connectivity index (χ4n) is 4.94. The highest BCUT2D eigenvalue weighted by Gasteiger charge is 2.31. The third kappa shape index (κ3) is 5.36. The molecular weight excluding hydrogens is 434 g/mol. The van der Waals surface area contributed by atoms with Gasteiger partial charge in [0.25, 0.3) is 5.91 Å². The van der Waals surface area contributed by atoms with E-state index in [-0.39, 0.29) is 11.9 Å². The summed E-state index contributed by atoms with van der Waals surface area (Å²) in [6, 6.07) is 28.3. The fourth-order valence-corrected chi connectivity index (χ4v) is 4.94. The average Bonchev–Trinajstić information content (AvgIpc) is 2.87. The largest absolute Gasteiger partial charge is 0.497 e. The maximum atomic E-state index is 13.3. The Morgan fingerprint density at radius 1 is 1.00 bits per heavy atom. The fraction of sp³-hybridized carbons (Fsp3) is 0.267. The molecule has 0 unspecified atom stereocenters.